The summed E-state index contributed by atoms with van der Waals surface area (Å²) in [6.45, 7) is 4.77. The number of aliphatic hydroxyl groups excluding tert-OH is 1. The van der Waals surface area contributed by atoms with Crippen molar-refractivity contribution in [2.24, 2.45) is 5.92 Å². The molecule has 1 aliphatic rings. The second-order valence-electron chi connectivity index (χ2n) is 9.20. The Morgan fingerprint density at radius 3 is 2.71 bits per heavy atom. The molecule has 196 valence electrons. The van der Waals surface area contributed by atoms with Crippen LogP contribution in [-0.4, -0.2) is 35.5 Å². The third-order valence-electron chi connectivity index (χ3n) is 6.20. The highest BCUT2D eigenvalue weighted by atomic mass is 35.5. The van der Waals surface area contributed by atoms with Gasteiger partial charge < -0.3 is 14.6 Å². The zero-order valence-corrected chi connectivity index (χ0v) is 23.3. The van der Waals surface area contributed by atoms with Gasteiger partial charge in [0.25, 0.3) is 5.91 Å². The van der Waals surface area contributed by atoms with Crippen molar-refractivity contribution in [1.29, 1.82) is 0 Å². The number of aliphatic hydroxyl groups is 1. The Morgan fingerprint density at radius 1 is 1.18 bits per heavy atom. The molecule has 1 amide bonds. The van der Waals surface area contributed by atoms with Crippen LogP contribution in [-0.2, 0) is 4.79 Å². The van der Waals surface area contributed by atoms with Gasteiger partial charge in [0, 0.05) is 5.02 Å². The van der Waals surface area contributed by atoms with E-state index in [1.54, 1.807) is 53.9 Å². The van der Waals surface area contributed by atoms with Gasteiger partial charge in [-0.3, -0.25) is 14.5 Å². The third kappa shape index (κ3) is 4.89. The second-order valence-corrected chi connectivity index (χ2v) is 11.6. The van der Waals surface area contributed by atoms with E-state index in [9.17, 15) is 14.7 Å². The summed E-state index contributed by atoms with van der Waals surface area (Å²) >= 11 is 8.67. The van der Waals surface area contributed by atoms with Crippen LogP contribution >= 0.6 is 34.3 Å². The fraction of sp³-hybridized carbons (Fsp3) is 0.250. The van der Waals surface area contributed by atoms with Crippen LogP contribution in [0.3, 0.4) is 0 Å². The summed E-state index contributed by atoms with van der Waals surface area (Å²) in [5, 5.41) is 13.7. The van der Waals surface area contributed by atoms with Gasteiger partial charge in [-0.05, 0) is 59.7 Å². The summed E-state index contributed by atoms with van der Waals surface area (Å²) in [5.74, 6) is -0.205. The molecule has 1 unspecified atom stereocenters. The number of thiazole rings is 1. The van der Waals surface area contributed by atoms with E-state index in [4.69, 9.17) is 21.1 Å². The second kappa shape index (κ2) is 10.8. The molecule has 1 N–H and O–H groups in total. The van der Waals surface area contributed by atoms with Gasteiger partial charge in [-0.1, -0.05) is 48.9 Å². The maximum absolute atomic E-state index is 13.6. The molecule has 5 rings (SSSR count). The molecule has 0 spiro atoms. The maximum Gasteiger partial charge on any atom is 0.296 e. The Morgan fingerprint density at radius 2 is 2.00 bits per heavy atom. The molecule has 4 aromatic rings. The molecule has 10 heteroatoms. The fourth-order valence-electron chi connectivity index (χ4n) is 4.26. The lowest BCUT2D eigenvalue weighted by Crippen LogP contribution is -2.31. The summed E-state index contributed by atoms with van der Waals surface area (Å²) in [5.41, 5.74) is 1.22. The molecule has 2 aromatic heterocycles. The monoisotopic (exact) mass is 568 g/mol. The molecule has 0 saturated heterocycles. The number of thiophene rings is 1. The highest BCUT2D eigenvalue weighted by Crippen LogP contribution is 2.46. The lowest BCUT2D eigenvalue weighted by molar-refractivity contribution is -0.117. The number of aromatic nitrogens is 1. The Bertz CT molecular complexity index is 1540. The lowest BCUT2D eigenvalue weighted by atomic mass is 9.95. The first-order chi connectivity index (χ1) is 18.3. The predicted molar refractivity (Wildman–Crippen MR) is 151 cm³/mol. The van der Waals surface area contributed by atoms with Gasteiger partial charge >= 0.3 is 0 Å². The average Bonchev–Trinajstić information content (AvgIpc) is 3.62. The molecule has 1 aliphatic heterocycles. The van der Waals surface area contributed by atoms with Crippen LogP contribution in [0.4, 0.5) is 5.13 Å². The van der Waals surface area contributed by atoms with E-state index in [-0.39, 0.29) is 5.57 Å². The van der Waals surface area contributed by atoms with E-state index in [0.717, 1.165) is 11.1 Å². The van der Waals surface area contributed by atoms with E-state index in [2.05, 4.69) is 18.8 Å². The minimum absolute atomic E-state index is 0.00901. The predicted octanol–water partition coefficient (Wildman–Crippen LogP) is 7.23. The molecular weight excluding hydrogens is 544 g/mol. The summed E-state index contributed by atoms with van der Waals surface area (Å²) in [4.78, 5) is 33.5. The number of Topliss-reactive ketones (excluding diaryl/α,β-unsaturated/α-hetero) is 1. The van der Waals surface area contributed by atoms with Crippen LogP contribution < -0.4 is 14.4 Å². The van der Waals surface area contributed by atoms with E-state index in [1.807, 2.05) is 0 Å². The number of amides is 1. The summed E-state index contributed by atoms with van der Waals surface area (Å²) in [6, 6.07) is 13.0. The van der Waals surface area contributed by atoms with Crippen molar-refractivity contribution < 1.29 is 24.2 Å². The molecule has 2 aromatic carbocycles. The lowest BCUT2D eigenvalue weighted by Gasteiger charge is -2.25. The topological polar surface area (TPSA) is 89.0 Å². The molecule has 0 saturated carbocycles. The number of halogens is 1. The number of benzene rings is 2. The van der Waals surface area contributed by atoms with Crippen LogP contribution in [0.1, 0.15) is 41.5 Å². The number of fused-ring (bicyclic) bond motifs is 1. The van der Waals surface area contributed by atoms with Crippen LogP contribution in [0.5, 0.6) is 11.5 Å². The minimum Gasteiger partial charge on any atom is -0.503 e. The van der Waals surface area contributed by atoms with E-state index in [0.29, 0.717) is 50.1 Å². The van der Waals surface area contributed by atoms with Crippen LogP contribution in [0.2, 0.25) is 5.02 Å². The van der Waals surface area contributed by atoms with Crippen molar-refractivity contribution in [3.8, 4) is 11.5 Å². The quantitative estimate of drug-likeness (QED) is 0.214. The van der Waals surface area contributed by atoms with E-state index < -0.39 is 23.5 Å². The number of rotatable bonds is 9. The van der Waals surface area contributed by atoms with Crippen LogP contribution in [0.15, 0.2) is 65.2 Å². The SMILES string of the molecule is COc1cc(C2C(C(=O)c3cccs3)=C(O)C(=O)N2c2nc3ccc(Cl)cc3s2)ccc1OCCC(C)C. The first-order valence-corrected chi connectivity index (χ1v) is 14.1. The van der Waals surface area contributed by atoms with Crippen molar-refractivity contribution in [1.82, 2.24) is 4.98 Å². The fourth-order valence-corrected chi connectivity index (χ4v) is 6.20. The van der Waals surface area contributed by atoms with Gasteiger partial charge in [0.05, 0.1) is 40.4 Å². The van der Waals surface area contributed by atoms with Gasteiger partial charge in [-0.15, -0.1) is 11.3 Å². The Labute approximate surface area is 232 Å². The molecule has 0 fully saturated rings. The molecule has 7 nitrogen and oxygen atoms in total. The first-order valence-electron chi connectivity index (χ1n) is 12.0. The number of hydrogen-bond donors (Lipinski definition) is 1. The molecule has 0 radical (unpaired) electrons. The van der Waals surface area contributed by atoms with Crippen molar-refractivity contribution in [3.63, 3.8) is 0 Å². The standard InChI is InChI=1S/C28H25ClN2O5S2/c1-15(2)10-11-36-19-9-6-16(13-20(19)35-3)24-23(25(32)21-5-4-12-37-21)26(33)27(34)31(24)28-30-18-8-7-17(29)14-22(18)38-28/h4-9,12-15,24,33H,10-11H2,1-3H3. The normalized spacial score (nSPS) is 15.7. The largest absolute Gasteiger partial charge is 0.503 e. The average molecular weight is 569 g/mol. The maximum atomic E-state index is 13.6. The number of carbonyl (C=O) groups excluding carboxylic acids is 2. The van der Waals surface area contributed by atoms with Crippen LogP contribution in [0, 0.1) is 5.92 Å². The Hall–Kier alpha value is -3.40. The van der Waals surface area contributed by atoms with Gasteiger partial charge in [0.15, 0.2) is 22.4 Å². The highest BCUT2D eigenvalue weighted by Gasteiger charge is 2.46. The summed E-state index contributed by atoms with van der Waals surface area (Å²) in [7, 11) is 1.54. The molecule has 38 heavy (non-hydrogen) atoms. The first kappa shape index (κ1) is 26.2. The highest BCUT2D eigenvalue weighted by molar-refractivity contribution is 7.22. The van der Waals surface area contributed by atoms with Gasteiger partial charge in [-0.25, -0.2) is 4.98 Å². The Kier molecular flexibility index (Phi) is 7.43. The summed E-state index contributed by atoms with van der Waals surface area (Å²) in [6.07, 6.45) is 0.882. The zero-order chi connectivity index (χ0) is 27.0. The van der Waals surface area contributed by atoms with Crippen molar-refractivity contribution >= 4 is 61.3 Å². The number of hydrogen-bond acceptors (Lipinski definition) is 8. The van der Waals surface area contributed by atoms with Crippen LogP contribution in [0.25, 0.3) is 10.2 Å². The minimum atomic E-state index is -0.924. The van der Waals surface area contributed by atoms with Gasteiger partial charge in [0.1, 0.15) is 0 Å². The third-order valence-corrected chi connectivity index (χ3v) is 8.32. The molecular formula is C28H25ClN2O5S2. The molecule has 0 bridgehead atoms. The zero-order valence-electron chi connectivity index (χ0n) is 20.9. The number of nitrogens with zero attached hydrogens (tertiary/aromatic N) is 2. The van der Waals surface area contributed by atoms with Crippen molar-refractivity contribution in [2.75, 3.05) is 18.6 Å². The van der Waals surface area contributed by atoms with Crippen molar-refractivity contribution in [3.05, 3.63) is 80.7 Å². The number of anilines is 1. The Balaban J connectivity index is 1.61. The number of carbonyl (C=O) groups is 2. The van der Waals surface area contributed by atoms with E-state index in [1.165, 1.54) is 34.7 Å². The molecule has 3 heterocycles. The number of methoxy groups -OCH3 is 1. The number of ketones is 1. The smallest absolute Gasteiger partial charge is 0.296 e. The van der Waals surface area contributed by atoms with Gasteiger partial charge in [-0.2, -0.15) is 0 Å². The summed E-state index contributed by atoms with van der Waals surface area (Å²) < 4.78 is 12.3. The van der Waals surface area contributed by atoms with Crippen molar-refractivity contribution in [2.45, 2.75) is 26.3 Å². The molecule has 0 aliphatic carbocycles. The van der Waals surface area contributed by atoms with E-state index >= 15 is 0 Å². The van der Waals surface area contributed by atoms with Gasteiger partial charge in [0.2, 0.25) is 5.78 Å². The number of ether oxygens (including phenoxy) is 2. The molecule has 1 atom stereocenters.